The van der Waals surface area contributed by atoms with Gasteiger partial charge in [-0.25, -0.2) is 9.59 Å². The molecule has 0 spiro atoms. The molecule has 3 rings (SSSR count). The smallest absolute Gasteiger partial charge is 0.364 e. The molecule has 0 aliphatic carbocycles. The first-order chi connectivity index (χ1) is 14.2. The minimum atomic E-state index is -0.633. The molecule has 0 aromatic carbocycles. The maximum Gasteiger partial charge on any atom is 0.364 e. The Labute approximate surface area is 180 Å². The Hall–Kier alpha value is -2.39. The van der Waals surface area contributed by atoms with Gasteiger partial charge in [-0.3, -0.25) is 0 Å². The second-order valence-corrected chi connectivity index (χ2v) is 8.91. The van der Waals surface area contributed by atoms with Gasteiger partial charge in [0, 0.05) is 12.2 Å². The van der Waals surface area contributed by atoms with Crippen LogP contribution >= 0.6 is 11.8 Å². The molecule has 0 atom stereocenters. The van der Waals surface area contributed by atoms with Crippen LogP contribution in [0.25, 0.3) is 0 Å². The van der Waals surface area contributed by atoms with Crippen LogP contribution in [0.1, 0.15) is 66.7 Å². The lowest BCUT2D eigenvalue weighted by Crippen LogP contribution is -2.24. The van der Waals surface area contributed by atoms with Crippen molar-refractivity contribution in [1.82, 2.24) is 10.3 Å². The number of thioether (sulfide) groups is 1. The molecule has 0 radical (unpaired) electrons. The SMILES string of the molecule is CCOC(=O)c1c(CNCC2=C[N+]3=CCSC3=N2)[nH]c(C(=O)OC(C)(C)C)c1CC. The fraction of sp³-hybridized carbons (Fsp3) is 0.524. The van der Waals surface area contributed by atoms with Gasteiger partial charge in [-0.15, -0.1) is 0 Å². The zero-order valence-corrected chi connectivity index (χ0v) is 18.9. The molecule has 2 N–H and O–H groups in total. The van der Waals surface area contributed by atoms with Crippen molar-refractivity contribution < 1.29 is 23.6 Å². The summed E-state index contributed by atoms with van der Waals surface area (Å²) < 4.78 is 12.8. The van der Waals surface area contributed by atoms with E-state index in [2.05, 4.69) is 21.5 Å². The van der Waals surface area contributed by atoms with E-state index < -0.39 is 17.5 Å². The molecular weight excluding hydrogens is 404 g/mol. The molecular formula is C21H29N4O4S+. The Balaban J connectivity index is 1.81. The van der Waals surface area contributed by atoms with E-state index in [-0.39, 0.29) is 6.61 Å². The zero-order chi connectivity index (χ0) is 21.9. The van der Waals surface area contributed by atoms with Crippen molar-refractivity contribution in [2.75, 3.05) is 18.9 Å². The summed E-state index contributed by atoms with van der Waals surface area (Å²) in [6, 6.07) is 0. The molecule has 3 heterocycles. The fourth-order valence-corrected chi connectivity index (χ4v) is 4.13. The average Bonchev–Trinajstić information content (AvgIpc) is 3.33. The molecule has 0 saturated carbocycles. The van der Waals surface area contributed by atoms with Gasteiger partial charge in [0.1, 0.15) is 17.5 Å². The van der Waals surface area contributed by atoms with Crippen LogP contribution in [0, 0.1) is 0 Å². The van der Waals surface area contributed by atoms with Crippen LogP contribution < -0.4 is 5.32 Å². The largest absolute Gasteiger partial charge is 0.462 e. The van der Waals surface area contributed by atoms with Crippen LogP contribution in [0.3, 0.4) is 0 Å². The number of hydrogen-bond donors (Lipinski definition) is 2. The quantitative estimate of drug-likeness (QED) is 0.483. The molecule has 8 nitrogen and oxygen atoms in total. The zero-order valence-electron chi connectivity index (χ0n) is 18.1. The number of ether oxygens (including phenoxy) is 2. The molecule has 162 valence electrons. The van der Waals surface area contributed by atoms with Crippen molar-refractivity contribution in [3.63, 3.8) is 0 Å². The molecule has 2 aliphatic heterocycles. The van der Waals surface area contributed by atoms with Gasteiger partial charge >= 0.3 is 17.1 Å². The summed E-state index contributed by atoms with van der Waals surface area (Å²) in [6.45, 7) is 10.3. The number of amidine groups is 1. The summed E-state index contributed by atoms with van der Waals surface area (Å²) in [5.41, 5.74) is 2.22. The summed E-state index contributed by atoms with van der Waals surface area (Å²) in [5, 5.41) is 4.29. The number of aromatic nitrogens is 1. The monoisotopic (exact) mass is 433 g/mol. The number of esters is 2. The summed E-state index contributed by atoms with van der Waals surface area (Å²) >= 11 is 1.70. The van der Waals surface area contributed by atoms with Gasteiger partial charge in [0.25, 0.3) is 0 Å². The van der Waals surface area contributed by atoms with Gasteiger partial charge in [-0.1, -0.05) is 6.92 Å². The van der Waals surface area contributed by atoms with E-state index >= 15 is 0 Å². The molecule has 0 fully saturated rings. The third kappa shape index (κ3) is 5.02. The Morgan fingerprint density at radius 1 is 1.27 bits per heavy atom. The number of nitrogens with zero attached hydrogens (tertiary/aromatic N) is 2. The molecule has 0 saturated heterocycles. The minimum absolute atomic E-state index is 0.260. The molecule has 2 aliphatic rings. The van der Waals surface area contributed by atoms with Crippen molar-refractivity contribution in [3.05, 3.63) is 34.4 Å². The Morgan fingerprint density at radius 2 is 2.03 bits per heavy atom. The van der Waals surface area contributed by atoms with Gasteiger partial charge in [0.05, 0.1) is 30.7 Å². The second-order valence-electron chi connectivity index (χ2n) is 7.93. The number of fused-ring (bicyclic) bond motifs is 1. The first kappa shape index (κ1) is 22.3. The average molecular weight is 434 g/mol. The van der Waals surface area contributed by atoms with Crippen LogP contribution in [0.15, 0.2) is 16.9 Å². The number of carbonyl (C=O) groups is 2. The van der Waals surface area contributed by atoms with Crippen molar-refractivity contribution in [2.45, 2.75) is 53.2 Å². The number of nitrogens with one attached hydrogen (secondary N) is 2. The predicted molar refractivity (Wildman–Crippen MR) is 117 cm³/mol. The standard InChI is InChI=1S/C21H28N4O4S/c1-6-14-16(18(26)28-7-2)15(24-17(14)19(27)29-21(3,4)5)11-22-10-13-12-25-8-9-30-20(25)23-13/h8,12,22H,6-7,9-11H2,1-5H3/p+1. The maximum absolute atomic E-state index is 12.7. The third-order valence-electron chi connectivity index (χ3n) is 4.46. The van der Waals surface area contributed by atoms with Gasteiger partial charge in [0.2, 0.25) is 5.70 Å². The molecule has 30 heavy (non-hydrogen) atoms. The molecule has 1 aromatic rings. The number of carbonyl (C=O) groups excluding carboxylic acids is 2. The van der Waals surface area contributed by atoms with Crippen LogP contribution in [0.5, 0.6) is 0 Å². The molecule has 0 unspecified atom stereocenters. The van der Waals surface area contributed by atoms with Crippen molar-refractivity contribution in [2.24, 2.45) is 4.99 Å². The molecule has 1 aromatic heterocycles. The Kier molecular flexibility index (Phi) is 6.82. The lowest BCUT2D eigenvalue weighted by Gasteiger charge is -2.19. The highest BCUT2D eigenvalue weighted by molar-refractivity contribution is 8.14. The lowest BCUT2D eigenvalue weighted by atomic mass is 10.1. The van der Waals surface area contributed by atoms with Gasteiger partial charge in [-0.05, 0) is 56.4 Å². The van der Waals surface area contributed by atoms with Gasteiger partial charge in [-0.2, -0.15) is 4.58 Å². The maximum atomic E-state index is 12.7. The molecule has 9 heteroatoms. The summed E-state index contributed by atoms with van der Waals surface area (Å²) in [4.78, 5) is 33.1. The van der Waals surface area contributed by atoms with E-state index in [1.165, 1.54) is 0 Å². The van der Waals surface area contributed by atoms with E-state index in [1.807, 2.05) is 38.5 Å². The molecule has 0 bridgehead atoms. The van der Waals surface area contributed by atoms with Crippen molar-refractivity contribution in [1.29, 1.82) is 0 Å². The van der Waals surface area contributed by atoms with Crippen LogP contribution in [-0.4, -0.2) is 57.4 Å². The predicted octanol–water partition coefficient (Wildman–Crippen LogP) is 2.84. The van der Waals surface area contributed by atoms with Crippen LogP contribution in [0.2, 0.25) is 0 Å². The van der Waals surface area contributed by atoms with Gasteiger partial charge < -0.3 is 19.8 Å². The highest BCUT2D eigenvalue weighted by Gasteiger charge is 2.30. The second kappa shape index (κ2) is 9.18. The number of hydrogen-bond acceptors (Lipinski definition) is 7. The van der Waals surface area contributed by atoms with Crippen molar-refractivity contribution in [3.8, 4) is 0 Å². The molecule has 0 amide bonds. The number of H-pyrrole nitrogens is 1. The van der Waals surface area contributed by atoms with Crippen LogP contribution in [0.4, 0.5) is 0 Å². The summed E-state index contributed by atoms with van der Waals surface area (Å²) in [5.74, 6) is 0.0210. The van der Waals surface area contributed by atoms with E-state index in [0.29, 0.717) is 42.0 Å². The van der Waals surface area contributed by atoms with Crippen LogP contribution in [-0.2, 0) is 22.4 Å². The van der Waals surface area contributed by atoms with E-state index in [4.69, 9.17) is 9.47 Å². The highest BCUT2D eigenvalue weighted by Crippen LogP contribution is 2.24. The number of aromatic amines is 1. The fourth-order valence-electron chi connectivity index (χ4n) is 3.29. The minimum Gasteiger partial charge on any atom is -0.462 e. The first-order valence-electron chi connectivity index (χ1n) is 10.1. The highest BCUT2D eigenvalue weighted by atomic mass is 32.2. The Morgan fingerprint density at radius 3 is 2.67 bits per heavy atom. The Bertz CT molecular complexity index is 938. The van der Waals surface area contributed by atoms with E-state index in [9.17, 15) is 9.59 Å². The third-order valence-corrected chi connectivity index (χ3v) is 5.33. The summed E-state index contributed by atoms with van der Waals surface area (Å²) in [6.07, 6.45) is 4.58. The lowest BCUT2D eigenvalue weighted by molar-refractivity contribution is -0.305. The normalized spacial score (nSPS) is 15.4. The van der Waals surface area contributed by atoms with Crippen molar-refractivity contribution >= 4 is 35.1 Å². The van der Waals surface area contributed by atoms with E-state index in [0.717, 1.165) is 16.6 Å². The number of rotatable bonds is 8. The topological polar surface area (TPSA) is 95.8 Å². The van der Waals surface area contributed by atoms with Gasteiger partial charge in [0.15, 0.2) is 0 Å². The number of aliphatic imine (C=N–C) groups is 1. The summed E-state index contributed by atoms with van der Waals surface area (Å²) in [7, 11) is 0. The first-order valence-corrected chi connectivity index (χ1v) is 11.1. The van der Waals surface area contributed by atoms with E-state index in [1.54, 1.807) is 18.7 Å².